The van der Waals surface area contributed by atoms with Gasteiger partial charge in [-0.05, 0) is 53.3 Å². The van der Waals surface area contributed by atoms with E-state index >= 15 is 0 Å². The van der Waals surface area contributed by atoms with Crippen LogP contribution in [0.1, 0.15) is 43.9 Å². The lowest BCUT2D eigenvalue weighted by Gasteiger charge is -2.35. The second kappa shape index (κ2) is 8.24. The molecule has 1 aliphatic heterocycles. The zero-order chi connectivity index (χ0) is 23.5. The van der Waals surface area contributed by atoms with E-state index in [1.165, 1.54) is 11.3 Å². The van der Waals surface area contributed by atoms with Crippen LogP contribution in [-0.2, 0) is 4.79 Å². The predicted octanol–water partition coefficient (Wildman–Crippen LogP) is 5.56. The molecule has 1 unspecified atom stereocenters. The topological polar surface area (TPSA) is 51.4 Å². The Labute approximate surface area is 209 Å². The number of allylic oxidation sites excluding steroid dienone is 2. The molecule has 1 aromatic heterocycles. The third kappa shape index (κ3) is 4.12. The Morgan fingerprint density at radius 2 is 1.73 bits per heavy atom. The monoisotopic (exact) mass is 516 g/mol. The minimum absolute atomic E-state index is 0.0278. The first-order chi connectivity index (χ1) is 15.6. The number of fused-ring (bicyclic) bond motifs is 1. The molecule has 5 rings (SSSR count). The van der Waals surface area contributed by atoms with Gasteiger partial charge < -0.3 is 0 Å². The molecule has 2 aromatic carbocycles. The molecule has 168 valence electrons. The van der Waals surface area contributed by atoms with Gasteiger partial charge in [0.1, 0.15) is 0 Å². The van der Waals surface area contributed by atoms with Crippen molar-refractivity contribution in [3.05, 3.63) is 99.6 Å². The molecule has 3 aromatic rings. The molecule has 1 aliphatic carbocycles. The van der Waals surface area contributed by atoms with Crippen LogP contribution in [0.3, 0.4) is 0 Å². The molecule has 2 aliphatic rings. The number of hydrogen-bond acceptors (Lipinski definition) is 4. The molecule has 0 spiro atoms. The summed E-state index contributed by atoms with van der Waals surface area (Å²) in [6.07, 6.45) is 2.83. The summed E-state index contributed by atoms with van der Waals surface area (Å²) < 4.78 is 2.11. The Morgan fingerprint density at radius 3 is 2.42 bits per heavy atom. The minimum Gasteiger partial charge on any atom is -0.294 e. The van der Waals surface area contributed by atoms with Crippen LogP contribution in [0.4, 0.5) is 0 Å². The van der Waals surface area contributed by atoms with Crippen LogP contribution in [0.15, 0.2) is 63.5 Å². The SMILES string of the molecule is CC1(C)CC(=O)C2=C(C1)N=c1sc(=Cc3ccc(Cl)cc3Cl)c(=O)n1C2c1ccc(Cl)cc1. The smallest absolute Gasteiger partial charge is 0.271 e. The molecule has 8 heteroatoms. The molecule has 1 atom stereocenters. The highest BCUT2D eigenvalue weighted by atomic mass is 35.5. The number of carbonyl (C=O) groups excluding carboxylic acids is 1. The van der Waals surface area contributed by atoms with E-state index in [-0.39, 0.29) is 16.8 Å². The van der Waals surface area contributed by atoms with E-state index in [1.54, 1.807) is 41.0 Å². The van der Waals surface area contributed by atoms with E-state index in [0.29, 0.717) is 48.4 Å². The number of rotatable bonds is 2. The quantitative estimate of drug-likeness (QED) is 0.447. The van der Waals surface area contributed by atoms with Gasteiger partial charge in [0.2, 0.25) is 0 Å². The molecule has 0 N–H and O–H groups in total. The number of carbonyl (C=O) groups is 1. The van der Waals surface area contributed by atoms with Gasteiger partial charge in [0.05, 0.1) is 16.3 Å². The normalized spacial score (nSPS) is 19.8. The molecule has 0 amide bonds. The summed E-state index contributed by atoms with van der Waals surface area (Å²) in [5.74, 6) is 0.0278. The fourth-order valence-corrected chi connectivity index (χ4v) is 6.07. The van der Waals surface area contributed by atoms with Crippen molar-refractivity contribution in [3.8, 4) is 0 Å². The maximum absolute atomic E-state index is 13.6. The van der Waals surface area contributed by atoms with Crippen molar-refractivity contribution in [2.24, 2.45) is 10.4 Å². The number of nitrogens with zero attached hydrogens (tertiary/aromatic N) is 2. The van der Waals surface area contributed by atoms with Crippen molar-refractivity contribution in [1.82, 2.24) is 4.57 Å². The van der Waals surface area contributed by atoms with Crippen LogP contribution in [-0.4, -0.2) is 10.4 Å². The molecular weight excluding hydrogens is 499 g/mol. The molecule has 0 saturated carbocycles. The van der Waals surface area contributed by atoms with Gasteiger partial charge in [-0.25, -0.2) is 4.99 Å². The molecule has 0 bridgehead atoms. The predicted molar refractivity (Wildman–Crippen MR) is 134 cm³/mol. The number of thiazole rings is 1. The van der Waals surface area contributed by atoms with E-state index in [9.17, 15) is 9.59 Å². The summed E-state index contributed by atoms with van der Waals surface area (Å²) in [5.41, 5.74) is 2.47. The zero-order valence-electron chi connectivity index (χ0n) is 17.9. The minimum atomic E-state index is -0.542. The van der Waals surface area contributed by atoms with Gasteiger partial charge >= 0.3 is 0 Å². The van der Waals surface area contributed by atoms with Gasteiger partial charge in [0.15, 0.2) is 10.6 Å². The first-order valence-electron chi connectivity index (χ1n) is 10.4. The van der Waals surface area contributed by atoms with E-state index in [2.05, 4.69) is 13.8 Å². The van der Waals surface area contributed by atoms with Crippen LogP contribution >= 0.6 is 46.1 Å². The van der Waals surface area contributed by atoms with Crippen LogP contribution in [0.2, 0.25) is 15.1 Å². The van der Waals surface area contributed by atoms with Gasteiger partial charge in [-0.1, -0.05) is 78.2 Å². The van der Waals surface area contributed by atoms with E-state index < -0.39 is 6.04 Å². The van der Waals surface area contributed by atoms with Crippen LogP contribution in [0.5, 0.6) is 0 Å². The lowest BCUT2D eigenvalue weighted by molar-refractivity contribution is -0.118. The number of halogens is 3. The number of hydrogen-bond donors (Lipinski definition) is 0. The summed E-state index contributed by atoms with van der Waals surface area (Å²) in [5, 5.41) is 1.57. The van der Waals surface area contributed by atoms with Crippen molar-refractivity contribution in [2.45, 2.75) is 32.7 Å². The number of ketones is 1. The first kappa shape index (κ1) is 22.6. The average Bonchev–Trinajstić information content (AvgIpc) is 3.03. The van der Waals surface area contributed by atoms with Crippen LogP contribution in [0, 0.1) is 5.41 Å². The van der Waals surface area contributed by atoms with Gasteiger partial charge in [-0.2, -0.15) is 0 Å². The molecule has 0 saturated heterocycles. The Hall–Kier alpha value is -2.18. The summed E-state index contributed by atoms with van der Waals surface area (Å²) in [7, 11) is 0. The van der Waals surface area contributed by atoms with Crippen molar-refractivity contribution in [1.29, 1.82) is 0 Å². The van der Waals surface area contributed by atoms with Crippen molar-refractivity contribution in [2.75, 3.05) is 0 Å². The Balaban J connectivity index is 1.77. The summed E-state index contributed by atoms with van der Waals surface area (Å²) in [4.78, 5) is 32.3. The maximum atomic E-state index is 13.6. The van der Waals surface area contributed by atoms with Gasteiger partial charge in [0.25, 0.3) is 5.56 Å². The van der Waals surface area contributed by atoms with E-state index in [0.717, 1.165) is 11.3 Å². The molecule has 0 fully saturated rings. The lowest BCUT2D eigenvalue weighted by atomic mass is 9.73. The van der Waals surface area contributed by atoms with Gasteiger partial charge in [0, 0.05) is 27.1 Å². The Bertz CT molecular complexity index is 1510. The van der Waals surface area contributed by atoms with Crippen molar-refractivity contribution >= 4 is 58.0 Å². The third-order valence-corrected chi connectivity index (χ3v) is 7.73. The van der Waals surface area contributed by atoms with E-state index in [4.69, 9.17) is 39.8 Å². The van der Waals surface area contributed by atoms with Gasteiger partial charge in [-0.3, -0.25) is 14.2 Å². The highest BCUT2D eigenvalue weighted by Crippen LogP contribution is 2.43. The zero-order valence-corrected chi connectivity index (χ0v) is 20.9. The molecular formula is C25H19Cl3N2O2S. The summed E-state index contributed by atoms with van der Waals surface area (Å²) in [6, 6.07) is 11.9. The van der Waals surface area contributed by atoms with E-state index in [1.807, 2.05) is 12.1 Å². The number of Topliss-reactive ketones (excluding diaryl/α,β-unsaturated/α-hetero) is 1. The van der Waals surface area contributed by atoms with Crippen LogP contribution in [0.25, 0.3) is 6.08 Å². The first-order valence-corrected chi connectivity index (χ1v) is 12.4. The largest absolute Gasteiger partial charge is 0.294 e. The number of aromatic nitrogens is 1. The lowest BCUT2D eigenvalue weighted by Crippen LogP contribution is -2.42. The highest BCUT2D eigenvalue weighted by molar-refractivity contribution is 7.07. The standard InChI is InChI=1S/C25H19Cl3N2O2S/c1-25(2)11-18-21(19(31)12-25)22(13-3-6-15(26)7-4-13)30-23(32)20(33-24(30)29-18)9-14-5-8-16(27)10-17(14)28/h3-10,22H,11-12H2,1-2H3. The maximum Gasteiger partial charge on any atom is 0.271 e. The second-order valence-electron chi connectivity index (χ2n) is 9.10. The Morgan fingerprint density at radius 1 is 1.03 bits per heavy atom. The second-order valence-corrected chi connectivity index (χ2v) is 11.4. The molecule has 4 nitrogen and oxygen atoms in total. The fraction of sp³-hybridized carbons (Fsp3) is 0.240. The van der Waals surface area contributed by atoms with Crippen molar-refractivity contribution in [3.63, 3.8) is 0 Å². The van der Waals surface area contributed by atoms with Crippen LogP contribution < -0.4 is 14.9 Å². The van der Waals surface area contributed by atoms with Gasteiger partial charge in [-0.15, -0.1) is 0 Å². The summed E-state index contributed by atoms with van der Waals surface area (Å²) >= 11 is 19.8. The Kier molecular flexibility index (Phi) is 5.65. The highest BCUT2D eigenvalue weighted by Gasteiger charge is 2.40. The van der Waals surface area contributed by atoms with Crippen molar-refractivity contribution < 1.29 is 4.79 Å². The molecule has 0 radical (unpaired) electrons. The number of benzene rings is 2. The molecule has 2 heterocycles. The summed E-state index contributed by atoms with van der Waals surface area (Å²) in [6.45, 7) is 4.14. The third-order valence-electron chi connectivity index (χ3n) is 5.93. The fourth-order valence-electron chi connectivity index (χ4n) is 4.47. The average molecular weight is 518 g/mol. The molecule has 33 heavy (non-hydrogen) atoms.